The van der Waals surface area contributed by atoms with Crippen LogP contribution in [0.4, 0.5) is 0 Å². The summed E-state index contributed by atoms with van der Waals surface area (Å²) in [6.45, 7) is 3.13. The van der Waals surface area contributed by atoms with Crippen LogP contribution in [0.2, 0.25) is 0 Å². The Labute approximate surface area is 145 Å². The summed E-state index contributed by atoms with van der Waals surface area (Å²) in [5.74, 6) is 4.27. The molecule has 0 heterocycles. The molecule has 134 valence electrons. The molecule has 0 N–H and O–H groups in total. The molecule has 0 amide bonds. The quantitative estimate of drug-likeness (QED) is 0.281. The monoisotopic (exact) mass is 336 g/mol. The second kappa shape index (κ2) is 14.6. The van der Waals surface area contributed by atoms with E-state index in [1.54, 1.807) is 0 Å². The number of carbonyl (C=O) groups excluding carboxylic acids is 2. The topological polar surface area (TPSA) is 59.1 Å². The van der Waals surface area contributed by atoms with Gasteiger partial charge in [0.15, 0.2) is 0 Å². The third kappa shape index (κ3) is 13.6. The normalized spacial score (nSPS) is 10.2. The highest BCUT2D eigenvalue weighted by Gasteiger charge is 2.12. The Kier molecular flexibility index (Phi) is 13.3. The molecule has 0 rings (SSSR count). The van der Waals surface area contributed by atoms with Gasteiger partial charge in [-0.05, 0) is 14.1 Å². The second-order valence-corrected chi connectivity index (χ2v) is 5.49. The lowest BCUT2D eigenvalue weighted by molar-refractivity contribution is -0.143. The van der Waals surface area contributed by atoms with Crippen molar-refractivity contribution < 1.29 is 19.1 Å². The maximum atomic E-state index is 11.6. The van der Waals surface area contributed by atoms with Gasteiger partial charge in [-0.3, -0.25) is 9.59 Å². The Hall–Kier alpha value is -2.02. The fraction of sp³-hybridized carbons (Fsp3) is 0.667. The number of ether oxygens (including phenoxy) is 2. The lowest BCUT2D eigenvalue weighted by Crippen LogP contribution is -2.35. The third-order valence-electron chi connectivity index (χ3n) is 3.15. The molecule has 0 unspecified atom stereocenters. The van der Waals surface area contributed by atoms with E-state index in [0.717, 1.165) is 13.1 Å². The molecule has 0 saturated carbocycles. The number of nitrogens with zero attached hydrogens (tertiary/aromatic N) is 2. The smallest absolute Gasteiger partial charge is 0.307 e. The van der Waals surface area contributed by atoms with Gasteiger partial charge >= 0.3 is 11.9 Å². The molecule has 0 aromatic heterocycles. The molecule has 6 nitrogen and oxygen atoms in total. The van der Waals surface area contributed by atoms with Crippen LogP contribution in [0.1, 0.15) is 25.7 Å². The van der Waals surface area contributed by atoms with Crippen LogP contribution in [0.3, 0.4) is 0 Å². The lowest BCUT2D eigenvalue weighted by Gasteiger charge is -2.23. The van der Waals surface area contributed by atoms with E-state index < -0.39 is 0 Å². The molecule has 0 atom stereocenters. The number of terminal acetylenes is 2. The molecule has 0 aliphatic heterocycles. The van der Waals surface area contributed by atoms with Crippen LogP contribution in [0.5, 0.6) is 0 Å². The molecule has 0 fully saturated rings. The van der Waals surface area contributed by atoms with Gasteiger partial charge in [0.2, 0.25) is 0 Å². The minimum absolute atomic E-state index is 0.245. The molecule has 24 heavy (non-hydrogen) atoms. The predicted octanol–water partition coefficient (Wildman–Crippen LogP) is 0.763. The second-order valence-electron chi connectivity index (χ2n) is 5.49. The summed E-state index contributed by atoms with van der Waals surface area (Å²) >= 11 is 0. The van der Waals surface area contributed by atoms with E-state index in [2.05, 4.69) is 11.8 Å². The minimum atomic E-state index is -0.281. The summed E-state index contributed by atoms with van der Waals surface area (Å²) in [7, 11) is 3.95. The number of hydrogen-bond acceptors (Lipinski definition) is 6. The van der Waals surface area contributed by atoms with E-state index in [9.17, 15) is 9.59 Å². The SMILES string of the molecule is C#CCCOC(=O)CCN(CCC(=O)OCCC#C)CCN(C)C. The van der Waals surface area contributed by atoms with Gasteiger partial charge < -0.3 is 19.3 Å². The van der Waals surface area contributed by atoms with E-state index in [1.807, 2.05) is 23.9 Å². The average Bonchev–Trinajstić information content (AvgIpc) is 2.54. The third-order valence-corrected chi connectivity index (χ3v) is 3.15. The molecular formula is C18H28N2O4. The summed E-state index contributed by atoms with van der Waals surface area (Å²) in [4.78, 5) is 27.4. The number of esters is 2. The van der Waals surface area contributed by atoms with Crippen LogP contribution in [0.25, 0.3) is 0 Å². The van der Waals surface area contributed by atoms with Crippen LogP contribution in [-0.2, 0) is 19.1 Å². The zero-order valence-electron chi connectivity index (χ0n) is 14.8. The van der Waals surface area contributed by atoms with Crippen LogP contribution < -0.4 is 0 Å². The van der Waals surface area contributed by atoms with E-state index in [-0.39, 0.29) is 38.0 Å². The van der Waals surface area contributed by atoms with Crippen molar-refractivity contribution in [3.05, 3.63) is 0 Å². The Morgan fingerprint density at radius 3 is 1.67 bits per heavy atom. The van der Waals surface area contributed by atoms with Gasteiger partial charge in [0.25, 0.3) is 0 Å². The van der Waals surface area contributed by atoms with Crippen molar-refractivity contribution in [3.63, 3.8) is 0 Å². The van der Waals surface area contributed by atoms with Crippen molar-refractivity contribution >= 4 is 11.9 Å². The molecule has 0 saturated heterocycles. The van der Waals surface area contributed by atoms with Crippen molar-refractivity contribution in [2.75, 3.05) is 53.5 Å². The summed E-state index contributed by atoms with van der Waals surface area (Å²) in [5, 5.41) is 0. The molecule has 0 aliphatic carbocycles. The zero-order chi connectivity index (χ0) is 18.2. The lowest BCUT2D eigenvalue weighted by atomic mass is 10.3. The molecule has 6 heteroatoms. The van der Waals surface area contributed by atoms with Gasteiger partial charge in [0, 0.05) is 39.0 Å². The van der Waals surface area contributed by atoms with E-state index >= 15 is 0 Å². The predicted molar refractivity (Wildman–Crippen MR) is 93.0 cm³/mol. The summed E-state index contributed by atoms with van der Waals surface area (Å²) in [6, 6.07) is 0. The fourth-order valence-corrected chi connectivity index (χ4v) is 1.77. The van der Waals surface area contributed by atoms with Crippen LogP contribution in [0, 0.1) is 24.7 Å². The van der Waals surface area contributed by atoms with Crippen molar-refractivity contribution in [2.45, 2.75) is 25.7 Å². The van der Waals surface area contributed by atoms with Gasteiger partial charge in [0.1, 0.15) is 13.2 Å². The first-order chi connectivity index (χ1) is 11.5. The highest BCUT2D eigenvalue weighted by Crippen LogP contribution is 1.99. The van der Waals surface area contributed by atoms with Gasteiger partial charge in [0.05, 0.1) is 12.8 Å². The Morgan fingerprint density at radius 1 is 0.833 bits per heavy atom. The van der Waals surface area contributed by atoms with Gasteiger partial charge in [-0.1, -0.05) is 0 Å². The summed E-state index contributed by atoms with van der Waals surface area (Å²) in [5.41, 5.74) is 0. The van der Waals surface area contributed by atoms with Gasteiger partial charge in [-0.2, -0.15) is 0 Å². The standard InChI is InChI=1S/C18H28N2O4/c1-5-7-15-23-17(21)9-11-20(14-13-19(3)4)12-10-18(22)24-16-8-6-2/h1-2H,7-16H2,3-4H3. The summed E-state index contributed by atoms with van der Waals surface area (Å²) < 4.78 is 10.0. The highest BCUT2D eigenvalue weighted by atomic mass is 16.5. The molecular weight excluding hydrogens is 308 g/mol. The van der Waals surface area contributed by atoms with Crippen LogP contribution in [0.15, 0.2) is 0 Å². The molecule has 0 aliphatic rings. The first-order valence-corrected chi connectivity index (χ1v) is 8.04. The largest absolute Gasteiger partial charge is 0.465 e. The molecule has 0 aromatic rings. The average molecular weight is 336 g/mol. The number of likely N-dealkylation sites (N-methyl/N-ethyl adjacent to an activating group) is 1. The Balaban J connectivity index is 4.17. The van der Waals surface area contributed by atoms with Gasteiger partial charge in [-0.25, -0.2) is 0 Å². The van der Waals surface area contributed by atoms with Crippen LogP contribution in [-0.4, -0.2) is 75.2 Å². The first kappa shape index (κ1) is 22.0. The minimum Gasteiger partial charge on any atom is -0.465 e. The number of carbonyl (C=O) groups is 2. The van der Waals surface area contributed by atoms with E-state index in [0.29, 0.717) is 25.9 Å². The van der Waals surface area contributed by atoms with Crippen molar-refractivity contribution in [1.29, 1.82) is 0 Å². The van der Waals surface area contributed by atoms with E-state index in [4.69, 9.17) is 22.3 Å². The Morgan fingerprint density at radius 2 is 1.29 bits per heavy atom. The van der Waals surface area contributed by atoms with Crippen molar-refractivity contribution in [1.82, 2.24) is 9.80 Å². The number of hydrogen-bond donors (Lipinski definition) is 0. The zero-order valence-corrected chi connectivity index (χ0v) is 14.8. The van der Waals surface area contributed by atoms with Crippen molar-refractivity contribution in [2.24, 2.45) is 0 Å². The Bertz CT molecular complexity index is 413. The summed E-state index contributed by atoms with van der Waals surface area (Å²) in [6.07, 6.45) is 11.6. The molecule has 0 aromatic carbocycles. The number of rotatable bonds is 13. The van der Waals surface area contributed by atoms with E-state index in [1.165, 1.54) is 0 Å². The fourth-order valence-electron chi connectivity index (χ4n) is 1.77. The molecule has 0 radical (unpaired) electrons. The van der Waals surface area contributed by atoms with Gasteiger partial charge in [-0.15, -0.1) is 24.7 Å². The van der Waals surface area contributed by atoms with Crippen LogP contribution >= 0.6 is 0 Å². The maximum Gasteiger partial charge on any atom is 0.307 e. The molecule has 0 bridgehead atoms. The molecule has 0 spiro atoms. The first-order valence-electron chi connectivity index (χ1n) is 8.04. The van der Waals surface area contributed by atoms with Crippen molar-refractivity contribution in [3.8, 4) is 24.7 Å². The highest BCUT2D eigenvalue weighted by molar-refractivity contribution is 5.70. The maximum absolute atomic E-state index is 11.6.